The Labute approximate surface area is 141 Å². The summed E-state index contributed by atoms with van der Waals surface area (Å²) in [6.07, 6.45) is 4.31. The first-order chi connectivity index (χ1) is 11.6. The van der Waals surface area contributed by atoms with E-state index in [9.17, 15) is 4.79 Å². The third-order valence-corrected chi connectivity index (χ3v) is 4.03. The van der Waals surface area contributed by atoms with Crippen molar-refractivity contribution in [3.8, 4) is 17.2 Å². The molecule has 0 N–H and O–H groups in total. The standard InChI is InChI=1S/C20H20O4/c1-13-10-16-11-14(5-8-20(16)24-13)18(21)7-4-15-12-17(22-2)6-9-19(15)23-3/h4-9,11-13H,10H2,1-3H3/b7-4+/t13-/m1/s1. The first kappa shape index (κ1) is 16.1. The fraction of sp³-hybridized carbons (Fsp3) is 0.250. The first-order valence-corrected chi connectivity index (χ1v) is 7.84. The van der Waals surface area contributed by atoms with E-state index in [1.807, 2.05) is 37.3 Å². The predicted molar refractivity (Wildman–Crippen MR) is 93.1 cm³/mol. The Morgan fingerprint density at radius 1 is 1.17 bits per heavy atom. The lowest BCUT2D eigenvalue weighted by atomic mass is 10.0. The highest BCUT2D eigenvalue weighted by molar-refractivity contribution is 6.07. The number of carbonyl (C=O) groups is 1. The molecule has 0 radical (unpaired) electrons. The zero-order valence-electron chi connectivity index (χ0n) is 14.0. The van der Waals surface area contributed by atoms with Crippen LogP contribution in [0.4, 0.5) is 0 Å². The lowest BCUT2D eigenvalue weighted by Gasteiger charge is -2.07. The molecule has 0 saturated carbocycles. The number of rotatable bonds is 5. The van der Waals surface area contributed by atoms with Gasteiger partial charge >= 0.3 is 0 Å². The van der Waals surface area contributed by atoms with Gasteiger partial charge in [-0.3, -0.25) is 4.79 Å². The van der Waals surface area contributed by atoms with Gasteiger partial charge in [-0.2, -0.15) is 0 Å². The Morgan fingerprint density at radius 3 is 2.75 bits per heavy atom. The van der Waals surface area contributed by atoms with Gasteiger partial charge in [0.25, 0.3) is 0 Å². The molecule has 0 amide bonds. The van der Waals surface area contributed by atoms with Gasteiger partial charge in [0.15, 0.2) is 5.78 Å². The van der Waals surface area contributed by atoms with Crippen LogP contribution in [0.15, 0.2) is 42.5 Å². The van der Waals surface area contributed by atoms with Gasteiger partial charge in [0.05, 0.1) is 14.2 Å². The van der Waals surface area contributed by atoms with E-state index in [2.05, 4.69) is 0 Å². The Bertz CT molecular complexity index is 792. The van der Waals surface area contributed by atoms with Crippen molar-refractivity contribution in [2.45, 2.75) is 19.4 Å². The zero-order chi connectivity index (χ0) is 17.1. The lowest BCUT2D eigenvalue weighted by Crippen LogP contribution is -2.05. The molecule has 124 valence electrons. The smallest absolute Gasteiger partial charge is 0.185 e. The maximum atomic E-state index is 12.5. The molecule has 0 fully saturated rings. The van der Waals surface area contributed by atoms with Crippen molar-refractivity contribution in [1.29, 1.82) is 0 Å². The van der Waals surface area contributed by atoms with Crippen molar-refractivity contribution >= 4 is 11.9 Å². The molecule has 0 bridgehead atoms. The van der Waals surface area contributed by atoms with Crippen LogP contribution in [0.2, 0.25) is 0 Å². The summed E-state index contributed by atoms with van der Waals surface area (Å²) < 4.78 is 16.2. The van der Waals surface area contributed by atoms with E-state index in [1.54, 1.807) is 32.4 Å². The molecular formula is C20H20O4. The minimum atomic E-state index is -0.0535. The molecule has 0 unspecified atom stereocenters. The van der Waals surface area contributed by atoms with Crippen molar-refractivity contribution in [2.24, 2.45) is 0 Å². The van der Waals surface area contributed by atoms with Crippen LogP contribution in [0.25, 0.3) is 6.08 Å². The van der Waals surface area contributed by atoms with Gasteiger partial charge in [-0.1, -0.05) is 0 Å². The Kier molecular flexibility index (Phi) is 4.56. The summed E-state index contributed by atoms with van der Waals surface area (Å²) in [5, 5.41) is 0. The van der Waals surface area contributed by atoms with E-state index in [0.29, 0.717) is 17.1 Å². The average molecular weight is 324 g/mol. The van der Waals surface area contributed by atoms with E-state index in [0.717, 1.165) is 23.3 Å². The molecule has 1 aliphatic rings. The van der Waals surface area contributed by atoms with Gasteiger partial charge in [-0.25, -0.2) is 0 Å². The third-order valence-electron chi connectivity index (χ3n) is 4.03. The van der Waals surface area contributed by atoms with Crippen LogP contribution >= 0.6 is 0 Å². The van der Waals surface area contributed by atoms with Gasteiger partial charge in [0.2, 0.25) is 0 Å². The highest BCUT2D eigenvalue weighted by Gasteiger charge is 2.19. The van der Waals surface area contributed by atoms with Crippen LogP contribution in [0.1, 0.15) is 28.4 Å². The predicted octanol–water partition coefficient (Wildman–Crippen LogP) is 3.92. The number of benzene rings is 2. The molecule has 0 aliphatic carbocycles. The van der Waals surface area contributed by atoms with Gasteiger partial charge in [-0.15, -0.1) is 0 Å². The SMILES string of the molecule is COc1ccc(OC)c(/C=C/C(=O)c2ccc3c(c2)C[C@@H](C)O3)c1. The summed E-state index contributed by atoms with van der Waals surface area (Å²) >= 11 is 0. The first-order valence-electron chi connectivity index (χ1n) is 7.84. The van der Waals surface area contributed by atoms with E-state index >= 15 is 0 Å². The summed E-state index contributed by atoms with van der Waals surface area (Å²) in [7, 11) is 3.21. The van der Waals surface area contributed by atoms with Crippen molar-refractivity contribution < 1.29 is 19.0 Å². The Balaban J connectivity index is 1.82. The fourth-order valence-electron chi connectivity index (χ4n) is 2.81. The zero-order valence-corrected chi connectivity index (χ0v) is 14.0. The average Bonchev–Trinajstić information content (AvgIpc) is 2.98. The molecule has 1 aliphatic heterocycles. The maximum Gasteiger partial charge on any atom is 0.185 e. The number of allylic oxidation sites excluding steroid dienone is 1. The molecule has 4 heteroatoms. The van der Waals surface area contributed by atoms with Gasteiger partial charge in [-0.05, 0) is 61.0 Å². The molecule has 3 rings (SSSR count). The summed E-state index contributed by atoms with van der Waals surface area (Å²) in [5.41, 5.74) is 2.54. The quantitative estimate of drug-likeness (QED) is 0.617. The van der Waals surface area contributed by atoms with Crippen molar-refractivity contribution in [3.63, 3.8) is 0 Å². The van der Waals surface area contributed by atoms with Gasteiger partial charge < -0.3 is 14.2 Å². The summed E-state index contributed by atoms with van der Waals surface area (Å²) in [6, 6.07) is 11.0. The van der Waals surface area contributed by atoms with Crippen molar-refractivity contribution in [3.05, 3.63) is 59.2 Å². The van der Waals surface area contributed by atoms with Gasteiger partial charge in [0.1, 0.15) is 23.4 Å². The van der Waals surface area contributed by atoms with Crippen LogP contribution in [0, 0.1) is 0 Å². The highest BCUT2D eigenvalue weighted by Crippen LogP contribution is 2.30. The summed E-state index contributed by atoms with van der Waals surface area (Å²) in [4.78, 5) is 12.5. The number of ether oxygens (including phenoxy) is 3. The number of methoxy groups -OCH3 is 2. The van der Waals surface area contributed by atoms with Gasteiger partial charge in [0, 0.05) is 17.5 Å². The van der Waals surface area contributed by atoms with Crippen LogP contribution in [-0.2, 0) is 6.42 Å². The second-order valence-corrected chi connectivity index (χ2v) is 5.76. The lowest BCUT2D eigenvalue weighted by molar-refractivity contribution is 0.104. The van der Waals surface area contributed by atoms with Crippen LogP contribution in [-0.4, -0.2) is 26.1 Å². The molecule has 0 spiro atoms. The second-order valence-electron chi connectivity index (χ2n) is 5.76. The van der Waals surface area contributed by atoms with E-state index in [-0.39, 0.29) is 11.9 Å². The molecule has 0 saturated heterocycles. The molecule has 2 aromatic rings. The monoisotopic (exact) mass is 324 g/mol. The molecule has 1 atom stereocenters. The minimum absolute atomic E-state index is 0.0535. The Morgan fingerprint density at radius 2 is 2.00 bits per heavy atom. The number of fused-ring (bicyclic) bond motifs is 1. The van der Waals surface area contributed by atoms with E-state index < -0.39 is 0 Å². The Hall–Kier alpha value is -2.75. The molecular weight excluding hydrogens is 304 g/mol. The molecule has 24 heavy (non-hydrogen) atoms. The number of ketones is 1. The van der Waals surface area contributed by atoms with Crippen molar-refractivity contribution in [1.82, 2.24) is 0 Å². The number of carbonyl (C=O) groups excluding carboxylic acids is 1. The van der Waals surface area contributed by atoms with E-state index in [1.165, 1.54) is 0 Å². The largest absolute Gasteiger partial charge is 0.497 e. The number of hydrogen-bond acceptors (Lipinski definition) is 4. The topological polar surface area (TPSA) is 44.8 Å². The van der Waals surface area contributed by atoms with Crippen LogP contribution in [0.3, 0.4) is 0 Å². The molecule has 0 aromatic heterocycles. The van der Waals surface area contributed by atoms with Crippen molar-refractivity contribution in [2.75, 3.05) is 14.2 Å². The molecule has 1 heterocycles. The third kappa shape index (κ3) is 3.27. The van der Waals surface area contributed by atoms with Crippen LogP contribution < -0.4 is 14.2 Å². The maximum absolute atomic E-state index is 12.5. The molecule has 2 aromatic carbocycles. The van der Waals surface area contributed by atoms with E-state index in [4.69, 9.17) is 14.2 Å². The second kappa shape index (κ2) is 6.79. The van der Waals surface area contributed by atoms with Crippen LogP contribution in [0.5, 0.6) is 17.2 Å². The summed E-state index contributed by atoms with van der Waals surface area (Å²) in [5.74, 6) is 2.22. The molecule has 4 nitrogen and oxygen atoms in total. The summed E-state index contributed by atoms with van der Waals surface area (Å²) in [6.45, 7) is 2.02. The number of hydrogen-bond donors (Lipinski definition) is 0. The normalized spacial score (nSPS) is 15.9. The highest BCUT2D eigenvalue weighted by atomic mass is 16.5. The fourth-order valence-corrected chi connectivity index (χ4v) is 2.81. The minimum Gasteiger partial charge on any atom is -0.497 e.